The zero-order chi connectivity index (χ0) is 16.6. The van der Waals surface area contributed by atoms with E-state index in [0.717, 1.165) is 11.1 Å². The Morgan fingerprint density at radius 3 is 2.70 bits per heavy atom. The molecular formula is C17H17ClN2O3. The van der Waals surface area contributed by atoms with Crippen molar-refractivity contribution in [3.8, 4) is 11.5 Å². The van der Waals surface area contributed by atoms with Gasteiger partial charge in [0.05, 0.1) is 5.41 Å². The van der Waals surface area contributed by atoms with Crippen LogP contribution in [0.25, 0.3) is 0 Å². The summed E-state index contributed by atoms with van der Waals surface area (Å²) in [6.45, 7) is 5.75. The predicted octanol–water partition coefficient (Wildman–Crippen LogP) is 3.69. The van der Waals surface area contributed by atoms with E-state index in [9.17, 15) is 4.79 Å². The molecule has 0 atom stereocenters. The van der Waals surface area contributed by atoms with Crippen LogP contribution in [0.2, 0.25) is 5.15 Å². The van der Waals surface area contributed by atoms with Crippen LogP contribution in [-0.4, -0.2) is 17.7 Å². The van der Waals surface area contributed by atoms with Gasteiger partial charge < -0.3 is 14.8 Å². The van der Waals surface area contributed by atoms with Crippen molar-refractivity contribution in [1.29, 1.82) is 0 Å². The fourth-order valence-electron chi connectivity index (χ4n) is 2.26. The molecule has 0 saturated carbocycles. The Morgan fingerprint density at radius 1 is 1.22 bits per heavy atom. The first kappa shape index (κ1) is 15.6. The molecule has 1 N–H and O–H groups in total. The van der Waals surface area contributed by atoms with E-state index in [-0.39, 0.29) is 12.7 Å². The van der Waals surface area contributed by atoms with Gasteiger partial charge in [-0.05, 0) is 50.1 Å². The van der Waals surface area contributed by atoms with E-state index in [2.05, 4.69) is 10.3 Å². The number of aromatic nitrogens is 1. The standard InChI is InChI=1S/C17H17ClN2O3/c1-10-4-7-14(19-15(10)18)20-16(21)17(2,3)11-5-6-12-13(8-11)23-9-22-12/h4-8H,9H2,1-3H3,(H,19,20,21). The van der Waals surface area contributed by atoms with E-state index in [4.69, 9.17) is 21.1 Å². The summed E-state index contributed by atoms with van der Waals surface area (Å²) >= 11 is 6.00. The van der Waals surface area contributed by atoms with Crippen molar-refractivity contribution in [2.45, 2.75) is 26.2 Å². The fourth-order valence-corrected chi connectivity index (χ4v) is 2.42. The van der Waals surface area contributed by atoms with Gasteiger partial charge in [-0.15, -0.1) is 0 Å². The summed E-state index contributed by atoms with van der Waals surface area (Å²) in [6.07, 6.45) is 0. The van der Waals surface area contributed by atoms with Crippen molar-refractivity contribution in [2.75, 3.05) is 12.1 Å². The monoisotopic (exact) mass is 332 g/mol. The Morgan fingerprint density at radius 2 is 1.96 bits per heavy atom. The van der Waals surface area contributed by atoms with Crippen molar-refractivity contribution >= 4 is 23.3 Å². The first-order valence-electron chi connectivity index (χ1n) is 7.22. The highest BCUT2D eigenvalue weighted by Crippen LogP contribution is 2.36. The van der Waals surface area contributed by atoms with E-state index >= 15 is 0 Å². The molecule has 0 fully saturated rings. The van der Waals surface area contributed by atoms with Crippen LogP contribution in [-0.2, 0) is 10.2 Å². The van der Waals surface area contributed by atoms with Crippen molar-refractivity contribution < 1.29 is 14.3 Å². The van der Waals surface area contributed by atoms with Crippen LogP contribution >= 0.6 is 11.6 Å². The molecule has 5 nitrogen and oxygen atoms in total. The van der Waals surface area contributed by atoms with Gasteiger partial charge in [0.25, 0.3) is 0 Å². The second-order valence-electron chi connectivity index (χ2n) is 5.95. The quantitative estimate of drug-likeness (QED) is 0.871. The average Bonchev–Trinajstić information content (AvgIpc) is 2.98. The number of halogens is 1. The number of hydrogen-bond donors (Lipinski definition) is 1. The van der Waals surface area contributed by atoms with Gasteiger partial charge in [0.15, 0.2) is 11.5 Å². The molecule has 0 saturated heterocycles. The minimum atomic E-state index is -0.764. The van der Waals surface area contributed by atoms with E-state index in [1.165, 1.54) is 0 Å². The molecule has 1 amide bonds. The highest BCUT2D eigenvalue weighted by molar-refractivity contribution is 6.30. The molecule has 2 heterocycles. The van der Waals surface area contributed by atoms with Crippen LogP contribution in [0.4, 0.5) is 5.82 Å². The lowest BCUT2D eigenvalue weighted by molar-refractivity contribution is -0.120. The Kier molecular flexibility index (Phi) is 3.90. The van der Waals surface area contributed by atoms with Crippen LogP contribution in [0.3, 0.4) is 0 Å². The van der Waals surface area contributed by atoms with Crippen molar-refractivity contribution in [2.24, 2.45) is 0 Å². The van der Waals surface area contributed by atoms with Gasteiger partial charge >= 0.3 is 0 Å². The number of nitrogens with zero attached hydrogens (tertiary/aromatic N) is 1. The number of anilines is 1. The summed E-state index contributed by atoms with van der Waals surface area (Å²) in [7, 11) is 0. The molecule has 0 spiro atoms. The lowest BCUT2D eigenvalue weighted by atomic mass is 9.83. The van der Waals surface area contributed by atoms with Gasteiger partial charge in [0.1, 0.15) is 11.0 Å². The number of pyridine rings is 1. The van der Waals surface area contributed by atoms with Crippen LogP contribution in [0.1, 0.15) is 25.0 Å². The second-order valence-corrected chi connectivity index (χ2v) is 6.31. The summed E-state index contributed by atoms with van der Waals surface area (Å²) in [5.74, 6) is 1.60. The Hall–Kier alpha value is -2.27. The summed E-state index contributed by atoms with van der Waals surface area (Å²) in [5, 5.41) is 3.19. The molecule has 0 unspecified atom stereocenters. The van der Waals surface area contributed by atoms with E-state index in [1.54, 1.807) is 6.07 Å². The third-order valence-corrected chi connectivity index (χ3v) is 4.32. The van der Waals surface area contributed by atoms with Crippen molar-refractivity contribution in [3.05, 3.63) is 46.6 Å². The molecular weight excluding hydrogens is 316 g/mol. The number of ether oxygens (including phenoxy) is 2. The zero-order valence-electron chi connectivity index (χ0n) is 13.1. The zero-order valence-corrected chi connectivity index (χ0v) is 13.9. The number of benzene rings is 1. The molecule has 3 rings (SSSR count). The molecule has 1 aromatic heterocycles. The Labute approximate surface area is 139 Å². The molecule has 0 bridgehead atoms. The molecule has 0 radical (unpaired) electrons. The summed E-state index contributed by atoms with van der Waals surface area (Å²) in [4.78, 5) is 16.8. The maximum Gasteiger partial charge on any atom is 0.235 e. The van der Waals surface area contributed by atoms with Gasteiger partial charge in [-0.3, -0.25) is 4.79 Å². The smallest absolute Gasteiger partial charge is 0.235 e. The van der Waals surface area contributed by atoms with Gasteiger partial charge in [-0.1, -0.05) is 23.7 Å². The van der Waals surface area contributed by atoms with Gasteiger partial charge in [-0.25, -0.2) is 4.98 Å². The van der Waals surface area contributed by atoms with Gasteiger partial charge in [0.2, 0.25) is 12.7 Å². The van der Waals surface area contributed by atoms with Crippen LogP contribution < -0.4 is 14.8 Å². The SMILES string of the molecule is Cc1ccc(NC(=O)C(C)(C)c2ccc3c(c2)OCO3)nc1Cl. The number of carbonyl (C=O) groups is 1. The molecule has 0 aliphatic carbocycles. The fraction of sp³-hybridized carbons (Fsp3) is 0.294. The maximum atomic E-state index is 12.7. The van der Waals surface area contributed by atoms with E-state index < -0.39 is 5.41 Å². The summed E-state index contributed by atoms with van der Waals surface area (Å²) in [5.41, 5.74) is 0.928. The summed E-state index contributed by atoms with van der Waals surface area (Å²) < 4.78 is 10.7. The molecule has 1 aliphatic rings. The number of fused-ring (bicyclic) bond motifs is 1. The van der Waals surface area contributed by atoms with Gasteiger partial charge in [0, 0.05) is 0 Å². The molecule has 2 aromatic rings. The highest BCUT2D eigenvalue weighted by Gasteiger charge is 2.31. The molecule has 1 aromatic carbocycles. The maximum absolute atomic E-state index is 12.7. The molecule has 1 aliphatic heterocycles. The largest absolute Gasteiger partial charge is 0.454 e. The Balaban J connectivity index is 1.83. The average molecular weight is 333 g/mol. The number of aryl methyl sites for hydroxylation is 1. The first-order valence-corrected chi connectivity index (χ1v) is 7.60. The van der Waals surface area contributed by atoms with Crippen LogP contribution in [0.5, 0.6) is 11.5 Å². The number of carbonyl (C=O) groups excluding carboxylic acids is 1. The highest BCUT2D eigenvalue weighted by atomic mass is 35.5. The number of nitrogens with one attached hydrogen (secondary N) is 1. The minimum absolute atomic E-state index is 0.177. The lowest BCUT2D eigenvalue weighted by Gasteiger charge is -2.24. The minimum Gasteiger partial charge on any atom is -0.454 e. The van der Waals surface area contributed by atoms with Crippen molar-refractivity contribution in [1.82, 2.24) is 4.98 Å². The third-order valence-electron chi connectivity index (χ3n) is 3.94. The molecule has 120 valence electrons. The first-order chi connectivity index (χ1) is 10.9. The number of hydrogen-bond acceptors (Lipinski definition) is 4. The molecule has 23 heavy (non-hydrogen) atoms. The van der Waals surface area contributed by atoms with E-state index in [1.807, 2.05) is 45.0 Å². The third kappa shape index (κ3) is 2.97. The van der Waals surface area contributed by atoms with Gasteiger partial charge in [-0.2, -0.15) is 0 Å². The van der Waals surface area contributed by atoms with E-state index in [0.29, 0.717) is 22.5 Å². The summed E-state index contributed by atoms with van der Waals surface area (Å²) in [6, 6.07) is 9.06. The van der Waals surface area contributed by atoms with Crippen LogP contribution in [0, 0.1) is 6.92 Å². The van der Waals surface area contributed by atoms with Crippen molar-refractivity contribution in [3.63, 3.8) is 0 Å². The second kappa shape index (κ2) is 5.74. The van der Waals surface area contributed by atoms with Crippen LogP contribution in [0.15, 0.2) is 30.3 Å². The number of rotatable bonds is 3. The number of amides is 1. The Bertz CT molecular complexity index is 774. The topological polar surface area (TPSA) is 60.5 Å². The predicted molar refractivity (Wildman–Crippen MR) is 88.2 cm³/mol. The lowest BCUT2D eigenvalue weighted by Crippen LogP contribution is -2.35. The normalized spacial score (nSPS) is 13.0. The molecule has 6 heteroatoms.